The monoisotopic (exact) mass is 1580 g/mol. The number of hydrogen-bond donors (Lipinski definition) is 3. The molecule has 3 N–H and O–H groups in total. The lowest BCUT2D eigenvalue weighted by Crippen LogP contribution is -2.54. The highest BCUT2D eigenvalue weighted by molar-refractivity contribution is 4.92. The number of rotatable bonds is 17. The molecule has 1 aliphatic carbocycles. The first kappa shape index (κ1) is 103. The van der Waals surface area contributed by atoms with Gasteiger partial charge in [-0.05, 0) is 230 Å². The summed E-state index contributed by atoms with van der Waals surface area (Å²) in [6.07, 6.45) is 15.8. The molecule has 12 fully saturated rings. The molecule has 0 bridgehead atoms. The highest BCUT2D eigenvalue weighted by Crippen LogP contribution is 2.26. The number of fused-ring (bicyclic) bond motifs is 1. The minimum Gasteiger partial charge on any atom is -0.395 e. The summed E-state index contributed by atoms with van der Waals surface area (Å²) in [5.41, 5.74) is 0. The Balaban J connectivity index is 0.000000318. The summed E-state index contributed by atoms with van der Waals surface area (Å²) in [5, 5.41) is 30.6. The second-order valence-corrected chi connectivity index (χ2v) is 34.6. The van der Waals surface area contributed by atoms with Crippen LogP contribution in [0.1, 0.15) is 103 Å². The van der Waals surface area contributed by atoms with Gasteiger partial charge in [0, 0.05) is 255 Å². The van der Waals surface area contributed by atoms with Crippen LogP contribution < -0.4 is 0 Å². The van der Waals surface area contributed by atoms with Gasteiger partial charge in [0.1, 0.15) is 0 Å². The van der Waals surface area contributed by atoms with E-state index in [0.717, 1.165) is 200 Å². The van der Waals surface area contributed by atoms with Crippen molar-refractivity contribution >= 4 is 0 Å². The number of likely N-dealkylation sites (tertiary alicyclic amines) is 2. The van der Waals surface area contributed by atoms with E-state index in [9.17, 15) is 0 Å². The van der Waals surface area contributed by atoms with Crippen molar-refractivity contribution in [3.05, 3.63) is 11.7 Å². The number of aryl methyl sites for hydroxylation is 1. The Labute approximate surface area is 681 Å². The van der Waals surface area contributed by atoms with Crippen molar-refractivity contribution in [1.29, 1.82) is 0 Å². The van der Waals surface area contributed by atoms with E-state index in [1.165, 1.54) is 176 Å². The highest BCUT2D eigenvalue weighted by Gasteiger charge is 2.35. The average molecular weight is 1580 g/mol. The lowest BCUT2D eigenvalue weighted by molar-refractivity contribution is 0.0550. The number of nitrogens with zero attached hydrogens (tertiary/aromatic N) is 21. The number of piperazine rings is 6. The molecular weight excluding hydrogens is 1400 g/mol. The largest absolute Gasteiger partial charge is 0.395 e. The summed E-state index contributed by atoms with van der Waals surface area (Å²) in [6.45, 7) is 53.9. The molecule has 1 aromatic rings. The van der Waals surface area contributed by atoms with Crippen LogP contribution in [-0.2, 0) is 20.8 Å². The van der Waals surface area contributed by atoms with Crippen LogP contribution in [0.15, 0.2) is 4.52 Å². The van der Waals surface area contributed by atoms with E-state index >= 15 is 0 Å². The lowest BCUT2D eigenvalue weighted by atomic mass is 9.91. The summed E-state index contributed by atoms with van der Waals surface area (Å²) < 4.78 is 20.7. The summed E-state index contributed by atoms with van der Waals surface area (Å²) in [4.78, 5) is 49.1. The molecule has 1 aromatic heterocycles. The SMILES string of the molecule is CC1C2CCCN2CCN1C.CCOCCN1CCN(C)CC1.CN(C)CCN(C)C.CN1CCCN(C)CC1.CN1CCC[C@@H](O)C1.CN1CCC[C@H](O)C1.CN1CCN(C2CCC2)CC1.CN1CCN(CC2CCCO2)CC1.CN1CCN(CCO)CC1.COCCN(C)C.Cc1nc(CN2CCN(C)CC2)no1. The molecule has 0 aromatic carbocycles. The summed E-state index contributed by atoms with van der Waals surface area (Å²) in [7, 11) is 35.7. The highest BCUT2D eigenvalue weighted by atomic mass is 16.5. The lowest BCUT2D eigenvalue weighted by Gasteiger charge is -2.42. The number of piperidine rings is 2. The smallest absolute Gasteiger partial charge is 0.223 e. The number of hydrogen-bond acceptors (Lipinski definition) is 28. The quantitative estimate of drug-likeness (QED) is 0.193. The Hall–Kier alpha value is -1.86. The maximum absolute atomic E-state index is 9.04. The molecule has 28 heteroatoms. The van der Waals surface area contributed by atoms with E-state index in [4.69, 9.17) is 34.1 Å². The number of aliphatic hydroxyl groups excluding tert-OH is 3. The zero-order valence-corrected chi connectivity index (χ0v) is 75.7. The number of methoxy groups -OCH3 is 1. The molecule has 11 saturated heterocycles. The van der Waals surface area contributed by atoms with E-state index in [1.54, 1.807) is 7.11 Å². The van der Waals surface area contributed by atoms with Crippen LogP contribution in [0.3, 0.4) is 0 Å². The molecule has 0 spiro atoms. The average Bonchev–Trinajstić information content (AvgIpc) is 1.79. The standard InChI is InChI=1S/C10H20N2O.C9H16N4O.C9H20N2O.2C9H18N2.C7H16N2O.C7H16N2.C6H16N2.2C6H13NO.C5H13NO/c1-11-4-6-12(7-5-11)9-10-3-2-8-13-10;1-8-10-9(11-14-8)7-13-5-3-12(2)4-6-13;1-3-12-9-8-11-6-4-10(2)5-7-11;1-8-9-4-3-5-11(9)7-6-10(8)2;1-10-5-7-11(8-6-10)9-3-2-4-9;1-8-2-4-9(5-3-8)6-7-10;1-8-4-3-5-9(2)7-6-8;1-7(2)5-6-8(3)4;2*1-7-4-2-3-6(8)5-7;1-6(2)4-5-7-3/h10H,2-9H2,1H3;3-7H2,1-2H3;3-9H2,1-2H3;8-9H,3-7H2,1-2H3;9H,2-8H2,1H3;10H,2-7H2,1H3;3-7H2,1-2H3;5-6H2,1-4H3;2*6,8H,2-5H2,1H3;4-5H2,1-3H3/t;;;;;;;;2*6-;/m........10./s1. The number of aromatic nitrogens is 2. The molecule has 12 heterocycles. The predicted molar refractivity (Wildman–Crippen MR) is 462 cm³/mol. The van der Waals surface area contributed by atoms with Gasteiger partial charge in [0.25, 0.3) is 0 Å². The van der Waals surface area contributed by atoms with Gasteiger partial charge in [0.15, 0.2) is 5.82 Å². The molecule has 3 unspecified atom stereocenters. The first-order chi connectivity index (χ1) is 53.1. The van der Waals surface area contributed by atoms with E-state index in [-0.39, 0.29) is 12.2 Å². The van der Waals surface area contributed by atoms with E-state index < -0.39 is 0 Å². The first-order valence-corrected chi connectivity index (χ1v) is 43.8. The zero-order chi connectivity index (χ0) is 81.7. The van der Waals surface area contributed by atoms with Crippen molar-refractivity contribution in [3.8, 4) is 0 Å². The van der Waals surface area contributed by atoms with Crippen molar-refractivity contribution in [1.82, 2.24) is 103 Å². The Morgan fingerprint density at radius 2 is 0.874 bits per heavy atom. The topological polar surface area (TPSA) is 189 Å². The molecule has 111 heavy (non-hydrogen) atoms. The number of β-amino-alcohol motifs (C(OH)–C–C–N with tert-alkyl or cyclic N) is 3. The Morgan fingerprint density at radius 1 is 0.441 bits per heavy atom. The molecule has 0 amide bonds. The van der Waals surface area contributed by atoms with Crippen LogP contribution in [-0.4, -0.2) is 550 Å². The normalized spacial score (nSPS) is 26.2. The fraction of sp³-hybridized carbons (Fsp3) is 0.976. The molecule has 11 aliphatic heterocycles. The van der Waals surface area contributed by atoms with Gasteiger partial charge in [0.05, 0.1) is 44.7 Å². The Bertz CT molecular complexity index is 2190. The van der Waals surface area contributed by atoms with Gasteiger partial charge in [0.2, 0.25) is 5.89 Å². The van der Waals surface area contributed by atoms with Crippen molar-refractivity contribution < 1.29 is 34.1 Å². The fourth-order valence-electron chi connectivity index (χ4n) is 14.9. The van der Waals surface area contributed by atoms with Gasteiger partial charge < -0.3 is 97.8 Å². The van der Waals surface area contributed by atoms with Gasteiger partial charge in [-0.25, -0.2) is 0 Å². The predicted octanol–water partition coefficient (Wildman–Crippen LogP) is 2.31. The molecular formula is C83H179N21O7. The Morgan fingerprint density at radius 3 is 1.26 bits per heavy atom. The fourth-order valence-corrected chi connectivity index (χ4v) is 14.9. The third-order valence-electron chi connectivity index (χ3n) is 23.4. The van der Waals surface area contributed by atoms with Crippen LogP contribution in [0, 0.1) is 6.92 Å². The van der Waals surface area contributed by atoms with Crippen LogP contribution in [0.5, 0.6) is 0 Å². The zero-order valence-electron chi connectivity index (χ0n) is 75.7. The van der Waals surface area contributed by atoms with Gasteiger partial charge >= 0.3 is 0 Å². The first-order valence-electron chi connectivity index (χ1n) is 43.8. The van der Waals surface area contributed by atoms with Crippen LogP contribution in [0.2, 0.25) is 0 Å². The maximum Gasteiger partial charge on any atom is 0.223 e. The van der Waals surface area contributed by atoms with Gasteiger partial charge in [-0.1, -0.05) is 11.6 Å². The maximum atomic E-state index is 9.04. The minimum atomic E-state index is -0.0613. The third-order valence-corrected chi connectivity index (χ3v) is 23.4. The molecule has 13 rings (SSSR count). The van der Waals surface area contributed by atoms with E-state index in [1.807, 2.05) is 42.0 Å². The van der Waals surface area contributed by atoms with Gasteiger partial charge in [-0.3, -0.25) is 29.4 Å². The van der Waals surface area contributed by atoms with Crippen molar-refractivity contribution in [2.45, 2.75) is 141 Å². The second kappa shape index (κ2) is 63.2. The molecule has 12 aliphatic rings. The van der Waals surface area contributed by atoms with Crippen LogP contribution in [0.4, 0.5) is 0 Å². The van der Waals surface area contributed by atoms with Gasteiger partial charge in [-0.15, -0.1) is 0 Å². The number of likely N-dealkylation sites (N-methyl/N-ethyl adjacent to an activating group) is 13. The van der Waals surface area contributed by atoms with Crippen molar-refractivity contribution in [3.63, 3.8) is 0 Å². The minimum absolute atomic E-state index is 0.0613. The molecule has 658 valence electrons. The molecule has 5 atom stereocenters. The van der Waals surface area contributed by atoms with Crippen LogP contribution in [0.25, 0.3) is 0 Å². The van der Waals surface area contributed by atoms with Crippen LogP contribution >= 0.6 is 0 Å². The summed E-state index contributed by atoms with van der Waals surface area (Å²) in [6, 6.07) is 2.61. The van der Waals surface area contributed by atoms with Crippen molar-refractivity contribution in [2.24, 2.45) is 0 Å². The molecule has 0 radical (unpaired) electrons. The van der Waals surface area contributed by atoms with E-state index in [0.29, 0.717) is 18.6 Å². The summed E-state index contributed by atoms with van der Waals surface area (Å²) >= 11 is 0. The number of ether oxygens (including phenoxy) is 3. The second-order valence-electron chi connectivity index (χ2n) is 34.6. The third kappa shape index (κ3) is 51.9. The summed E-state index contributed by atoms with van der Waals surface area (Å²) in [5.74, 6) is 1.45. The molecule has 1 saturated carbocycles. The number of aliphatic hydroxyl groups is 3. The Kier molecular flexibility index (Phi) is 58.8. The molecule has 28 nitrogen and oxygen atoms in total. The van der Waals surface area contributed by atoms with Gasteiger partial charge in [-0.2, -0.15) is 4.98 Å². The van der Waals surface area contributed by atoms with E-state index in [2.05, 4.69) is 195 Å². The van der Waals surface area contributed by atoms with Crippen molar-refractivity contribution in [2.75, 3.05) is 395 Å².